The van der Waals surface area contributed by atoms with Crippen molar-refractivity contribution in [1.82, 2.24) is 9.80 Å². The Bertz CT molecular complexity index is 1850. The Kier molecular flexibility index (Phi) is 10.7. The van der Waals surface area contributed by atoms with Gasteiger partial charge in [0, 0.05) is 36.8 Å². The smallest absolute Gasteiger partial charge is 0.261 e. The van der Waals surface area contributed by atoms with Crippen molar-refractivity contribution in [2.45, 2.75) is 37.4 Å². The minimum atomic E-state index is -3.89. The maximum Gasteiger partial charge on any atom is 0.261 e. The zero-order chi connectivity index (χ0) is 34.4. The van der Waals surface area contributed by atoms with E-state index in [0.717, 1.165) is 5.56 Å². The van der Waals surface area contributed by atoms with Gasteiger partial charge in [-0.15, -0.1) is 0 Å². The third-order valence-electron chi connectivity index (χ3n) is 8.34. The first-order chi connectivity index (χ1) is 22.9. The second-order valence-electron chi connectivity index (χ2n) is 12.2. The zero-order valence-corrected chi connectivity index (χ0v) is 28.0. The van der Waals surface area contributed by atoms with E-state index in [1.54, 1.807) is 78.6 Å². The van der Waals surface area contributed by atoms with Gasteiger partial charge in [0.25, 0.3) is 21.8 Å². The van der Waals surface area contributed by atoms with Crippen molar-refractivity contribution in [3.05, 3.63) is 114 Å². The summed E-state index contributed by atoms with van der Waals surface area (Å²) in [5.41, 5.74) is 8.92. The summed E-state index contributed by atoms with van der Waals surface area (Å²) < 4.78 is 35.0. The van der Waals surface area contributed by atoms with Crippen LogP contribution >= 0.6 is 0 Å². The van der Waals surface area contributed by atoms with Gasteiger partial charge in [0.15, 0.2) is 0 Å². The van der Waals surface area contributed by atoms with E-state index in [1.807, 2.05) is 26.1 Å². The number of nitrogens with two attached hydrogens (primary N) is 1. The molecule has 252 valence electrons. The van der Waals surface area contributed by atoms with Crippen LogP contribution < -0.4 is 20.5 Å². The number of nitrogen functional groups attached to an aromatic ring is 1. The monoisotopic (exact) mass is 671 g/mol. The van der Waals surface area contributed by atoms with Crippen molar-refractivity contribution in [1.29, 1.82) is 0 Å². The number of carbonyl (C=O) groups is 2. The molecule has 0 radical (unpaired) electrons. The molecule has 0 aliphatic carbocycles. The van der Waals surface area contributed by atoms with Gasteiger partial charge in [-0.3, -0.25) is 19.2 Å². The Morgan fingerprint density at radius 2 is 1.73 bits per heavy atom. The lowest BCUT2D eigenvalue weighted by atomic mass is 9.99. The van der Waals surface area contributed by atoms with Crippen molar-refractivity contribution >= 4 is 38.9 Å². The van der Waals surface area contributed by atoms with Crippen LogP contribution in [0.2, 0.25) is 0 Å². The molecule has 1 aliphatic rings. The van der Waals surface area contributed by atoms with Crippen LogP contribution in [0.3, 0.4) is 0 Å². The number of rotatable bonds is 11. The molecule has 0 bridgehead atoms. The summed E-state index contributed by atoms with van der Waals surface area (Å²) in [7, 11) is -1.92. The highest BCUT2D eigenvalue weighted by Gasteiger charge is 2.34. The number of carbonyl (C=O) groups excluding carboxylic acids is 2. The lowest BCUT2D eigenvalue weighted by Gasteiger charge is -2.38. The number of amides is 2. The first kappa shape index (κ1) is 34.4. The van der Waals surface area contributed by atoms with E-state index in [2.05, 4.69) is 14.9 Å². The van der Waals surface area contributed by atoms with Crippen LogP contribution in [0, 0.1) is 5.92 Å². The Balaban J connectivity index is 1.32. The SMILES string of the molecule is C[C@H](CO)N1C[C@H](C)[C@H](CN(C)Cc2ccc(C(=O)Nc3ccccc3N)cc2)Oc2ccc(NS(=O)(=O)c3ccccc3)cc2C1=O. The molecule has 5 rings (SSSR count). The van der Waals surface area contributed by atoms with Crippen molar-refractivity contribution in [3.63, 3.8) is 0 Å². The molecule has 4 aromatic rings. The molecule has 0 spiro atoms. The second kappa shape index (κ2) is 14.9. The molecular weight excluding hydrogens is 630 g/mol. The number of hydrogen-bond acceptors (Lipinski definition) is 8. The van der Waals surface area contributed by atoms with Crippen LogP contribution in [0.25, 0.3) is 0 Å². The fraction of sp³-hybridized carbons (Fsp3) is 0.278. The van der Waals surface area contributed by atoms with Gasteiger partial charge in [-0.2, -0.15) is 0 Å². The number of para-hydroxylation sites is 2. The molecule has 0 saturated carbocycles. The standard InChI is InChI=1S/C36H41N5O6S/c1-24-20-41(25(2)23-42)36(44)30-19-28(39-48(45,46)29-9-5-4-6-10-29)17-18-33(30)47-34(24)22-40(3)21-26-13-15-27(16-14-26)35(43)38-32-12-8-7-11-31(32)37/h4-19,24-25,34,39,42H,20-23,37H2,1-3H3,(H,38,43)/t24-,25+,34-/m0/s1. The van der Waals surface area contributed by atoms with Crippen LogP contribution in [-0.2, 0) is 16.6 Å². The lowest BCUT2D eigenvalue weighted by molar-refractivity contribution is 0.0341. The van der Waals surface area contributed by atoms with Gasteiger partial charge >= 0.3 is 0 Å². The van der Waals surface area contributed by atoms with Crippen molar-refractivity contribution < 1.29 is 27.9 Å². The van der Waals surface area contributed by atoms with Crippen molar-refractivity contribution in [2.24, 2.45) is 5.92 Å². The number of likely N-dealkylation sites (N-methyl/N-ethyl adjacent to an activating group) is 1. The molecule has 3 atom stereocenters. The Morgan fingerprint density at radius 1 is 1.04 bits per heavy atom. The minimum Gasteiger partial charge on any atom is -0.488 e. The van der Waals surface area contributed by atoms with E-state index >= 15 is 0 Å². The molecule has 4 aromatic carbocycles. The van der Waals surface area contributed by atoms with Gasteiger partial charge in [-0.05, 0) is 74.1 Å². The Hall–Kier alpha value is -4.91. The lowest BCUT2D eigenvalue weighted by Crippen LogP contribution is -2.49. The summed E-state index contributed by atoms with van der Waals surface area (Å²) >= 11 is 0. The summed E-state index contributed by atoms with van der Waals surface area (Å²) in [5, 5.41) is 12.8. The van der Waals surface area contributed by atoms with Gasteiger partial charge < -0.3 is 25.8 Å². The number of aliphatic hydroxyl groups is 1. The average molecular weight is 672 g/mol. The fourth-order valence-electron chi connectivity index (χ4n) is 5.57. The molecule has 1 aliphatic heterocycles. The normalized spacial score (nSPS) is 17.1. The van der Waals surface area contributed by atoms with Gasteiger partial charge in [0.05, 0.1) is 34.5 Å². The van der Waals surface area contributed by atoms with Crippen molar-refractivity contribution in [2.75, 3.05) is 42.5 Å². The summed E-state index contributed by atoms with van der Waals surface area (Å²) in [6, 6.07) is 26.6. The number of sulfonamides is 1. The van der Waals surface area contributed by atoms with E-state index in [9.17, 15) is 23.1 Å². The number of fused-ring (bicyclic) bond motifs is 1. The van der Waals surface area contributed by atoms with Gasteiger partial charge in [0.1, 0.15) is 11.9 Å². The Labute approximate surface area is 281 Å². The number of aliphatic hydroxyl groups excluding tert-OH is 1. The number of nitrogens with zero attached hydrogens (tertiary/aromatic N) is 2. The van der Waals surface area contributed by atoms with E-state index in [-0.39, 0.29) is 46.6 Å². The quantitative estimate of drug-likeness (QED) is 0.168. The largest absolute Gasteiger partial charge is 0.488 e. The molecule has 48 heavy (non-hydrogen) atoms. The van der Waals surface area contributed by atoms with Gasteiger partial charge in [-0.25, -0.2) is 8.42 Å². The number of hydrogen-bond donors (Lipinski definition) is 4. The average Bonchev–Trinajstić information content (AvgIpc) is 3.07. The van der Waals surface area contributed by atoms with E-state index < -0.39 is 16.1 Å². The van der Waals surface area contributed by atoms with Gasteiger partial charge in [-0.1, -0.05) is 49.4 Å². The highest BCUT2D eigenvalue weighted by atomic mass is 32.2. The van der Waals surface area contributed by atoms with Crippen LogP contribution in [-0.4, -0.2) is 74.0 Å². The topological polar surface area (TPSA) is 154 Å². The minimum absolute atomic E-state index is 0.0991. The first-order valence-corrected chi connectivity index (χ1v) is 17.2. The highest BCUT2D eigenvalue weighted by Crippen LogP contribution is 2.31. The molecule has 12 heteroatoms. The summed E-state index contributed by atoms with van der Waals surface area (Å²) in [6.45, 7) is 4.95. The van der Waals surface area contributed by atoms with Gasteiger partial charge in [0.2, 0.25) is 0 Å². The van der Waals surface area contributed by atoms with E-state index in [1.165, 1.54) is 18.2 Å². The number of nitrogens with one attached hydrogen (secondary N) is 2. The number of ether oxygens (including phenoxy) is 1. The zero-order valence-electron chi connectivity index (χ0n) is 27.2. The Morgan fingerprint density at radius 3 is 2.42 bits per heavy atom. The first-order valence-electron chi connectivity index (χ1n) is 15.7. The predicted octanol–water partition coefficient (Wildman–Crippen LogP) is 4.67. The third-order valence-corrected chi connectivity index (χ3v) is 9.74. The number of benzene rings is 4. The molecule has 1 heterocycles. The molecule has 5 N–H and O–H groups in total. The van der Waals surface area contributed by atoms with Crippen LogP contribution in [0.4, 0.5) is 17.1 Å². The molecule has 0 aromatic heterocycles. The highest BCUT2D eigenvalue weighted by molar-refractivity contribution is 7.92. The van der Waals surface area contributed by atoms with Crippen LogP contribution in [0.1, 0.15) is 40.1 Å². The maximum absolute atomic E-state index is 13.8. The third kappa shape index (κ3) is 8.14. The molecular formula is C36H41N5O6S. The summed E-state index contributed by atoms with van der Waals surface area (Å²) in [4.78, 5) is 30.4. The molecule has 0 saturated heterocycles. The van der Waals surface area contributed by atoms with Crippen LogP contribution in [0.5, 0.6) is 5.75 Å². The molecule has 0 fully saturated rings. The maximum atomic E-state index is 13.8. The fourth-order valence-corrected chi connectivity index (χ4v) is 6.64. The molecule has 2 amide bonds. The number of anilines is 3. The van der Waals surface area contributed by atoms with Crippen molar-refractivity contribution in [3.8, 4) is 5.75 Å². The van der Waals surface area contributed by atoms with E-state index in [0.29, 0.717) is 42.3 Å². The van der Waals surface area contributed by atoms with E-state index in [4.69, 9.17) is 10.5 Å². The molecule has 11 nitrogen and oxygen atoms in total. The summed E-state index contributed by atoms with van der Waals surface area (Å²) in [6.07, 6.45) is -0.344. The molecule has 0 unspecified atom stereocenters. The second-order valence-corrected chi connectivity index (χ2v) is 13.9. The van der Waals surface area contributed by atoms with Crippen LogP contribution in [0.15, 0.2) is 102 Å². The predicted molar refractivity (Wildman–Crippen MR) is 186 cm³/mol. The summed E-state index contributed by atoms with van der Waals surface area (Å²) in [5.74, 6) is -0.385.